The van der Waals surface area contributed by atoms with Gasteiger partial charge in [0.2, 0.25) is 0 Å². The van der Waals surface area contributed by atoms with Gasteiger partial charge in [0, 0.05) is 6.42 Å². The van der Waals surface area contributed by atoms with E-state index < -0.39 is 43.0 Å². The minimum atomic E-state index is -6.48. The van der Waals surface area contributed by atoms with Crippen LogP contribution in [0.1, 0.15) is 19.3 Å². The molecule has 0 saturated heterocycles. The van der Waals surface area contributed by atoms with Crippen LogP contribution in [0.25, 0.3) is 0 Å². The monoisotopic (exact) mass is 340 g/mol. The maximum absolute atomic E-state index is 13.2. The Morgan fingerprint density at radius 1 is 0.750 bits per heavy atom. The molecular formula is C9H10F10S. The first-order valence-electron chi connectivity index (χ1n) is 5.16. The summed E-state index contributed by atoms with van der Waals surface area (Å²) in [5, 5.41) is 0. The van der Waals surface area contributed by atoms with Crippen LogP contribution in [0.4, 0.5) is 43.9 Å². The van der Waals surface area contributed by atoms with Gasteiger partial charge in [-0.15, -0.1) is 0 Å². The van der Waals surface area contributed by atoms with E-state index in [0.29, 0.717) is 0 Å². The molecule has 0 aromatic carbocycles. The van der Waals surface area contributed by atoms with Gasteiger partial charge >= 0.3 is 18.5 Å². The lowest BCUT2D eigenvalue weighted by Gasteiger charge is -2.33. The highest BCUT2D eigenvalue weighted by molar-refractivity contribution is 7.80. The molecule has 0 spiro atoms. The summed E-state index contributed by atoms with van der Waals surface area (Å²) in [6, 6.07) is 0. The molecule has 0 amide bonds. The third kappa shape index (κ3) is 4.59. The van der Waals surface area contributed by atoms with Crippen LogP contribution in [0.15, 0.2) is 0 Å². The van der Waals surface area contributed by atoms with Crippen LogP contribution in [0.2, 0.25) is 0 Å². The Labute approximate surface area is 112 Å². The summed E-state index contributed by atoms with van der Waals surface area (Å²) in [4.78, 5) is 0. The summed E-state index contributed by atoms with van der Waals surface area (Å²) in [6.07, 6.45) is -22.5. The number of hydrogen-bond donors (Lipinski definition) is 1. The summed E-state index contributed by atoms with van der Waals surface area (Å²) >= 11 is 3.51. The zero-order valence-corrected chi connectivity index (χ0v) is 10.5. The fourth-order valence-electron chi connectivity index (χ4n) is 1.45. The molecular weight excluding hydrogens is 330 g/mol. The number of hydrogen-bond acceptors (Lipinski definition) is 1. The second-order valence-corrected chi connectivity index (χ2v) is 4.55. The fraction of sp³-hybridized carbons (Fsp3) is 1.00. The highest BCUT2D eigenvalue weighted by Gasteiger charge is 2.73. The maximum Gasteiger partial charge on any atom is 0.431 e. The zero-order chi connectivity index (χ0) is 16.4. The minimum Gasteiger partial charge on any atom is -0.224 e. The molecule has 0 aromatic heterocycles. The van der Waals surface area contributed by atoms with Gasteiger partial charge in [-0.25, -0.2) is 4.39 Å². The normalized spacial score (nSPS) is 16.4. The van der Waals surface area contributed by atoms with E-state index in [-0.39, 0.29) is 12.2 Å². The molecule has 11 heteroatoms. The van der Waals surface area contributed by atoms with Gasteiger partial charge in [-0.05, 0) is 18.6 Å². The van der Waals surface area contributed by atoms with Crippen LogP contribution >= 0.6 is 12.6 Å². The van der Waals surface area contributed by atoms with Gasteiger partial charge < -0.3 is 0 Å². The largest absolute Gasteiger partial charge is 0.431 e. The molecule has 0 saturated carbocycles. The molecule has 0 aliphatic heterocycles. The van der Waals surface area contributed by atoms with E-state index in [0.717, 1.165) is 0 Å². The van der Waals surface area contributed by atoms with Crippen molar-refractivity contribution in [2.24, 2.45) is 5.92 Å². The number of halogens is 10. The summed E-state index contributed by atoms with van der Waals surface area (Å²) in [6.45, 7) is 0. The third-order valence-corrected chi connectivity index (χ3v) is 2.92. The van der Waals surface area contributed by atoms with Crippen molar-refractivity contribution < 1.29 is 43.9 Å². The van der Waals surface area contributed by atoms with E-state index in [1.54, 1.807) is 0 Å². The van der Waals surface area contributed by atoms with Crippen molar-refractivity contribution in [1.82, 2.24) is 0 Å². The molecule has 122 valence electrons. The first kappa shape index (κ1) is 19.7. The number of rotatable bonds is 5. The molecule has 0 unspecified atom stereocenters. The van der Waals surface area contributed by atoms with E-state index in [4.69, 9.17) is 0 Å². The molecule has 1 atom stereocenters. The molecule has 0 heterocycles. The smallest absolute Gasteiger partial charge is 0.224 e. The van der Waals surface area contributed by atoms with Crippen LogP contribution in [-0.2, 0) is 0 Å². The van der Waals surface area contributed by atoms with Gasteiger partial charge in [0.25, 0.3) is 5.67 Å². The number of alkyl halides is 10. The van der Waals surface area contributed by atoms with Gasteiger partial charge in [0.15, 0.2) is 0 Å². The van der Waals surface area contributed by atoms with Crippen LogP contribution in [0.5, 0.6) is 0 Å². The van der Waals surface area contributed by atoms with Gasteiger partial charge in [0.1, 0.15) is 0 Å². The van der Waals surface area contributed by atoms with Gasteiger partial charge in [-0.2, -0.15) is 52.1 Å². The molecule has 0 aliphatic rings. The molecule has 0 N–H and O–H groups in total. The van der Waals surface area contributed by atoms with Gasteiger partial charge in [-0.1, -0.05) is 0 Å². The Hall–Kier alpha value is -0.350. The first-order valence-corrected chi connectivity index (χ1v) is 5.80. The Morgan fingerprint density at radius 2 is 1.15 bits per heavy atom. The SMILES string of the molecule is FC(F)(F)[C@@H](CCCS)CC(F)(C(F)(F)F)C(F)(F)F. The van der Waals surface area contributed by atoms with E-state index >= 15 is 0 Å². The van der Waals surface area contributed by atoms with Gasteiger partial charge in [0.05, 0.1) is 5.92 Å². The third-order valence-electron chi connectivity index (χ3n) is 2.60. The number of thiol groups is 1. The quantitative estimate of drug-likeness (QED) is 0.523. The van der Waals surface area contributed by atoms with Crippen molar-refractivity contribution in [1.29, 1.82) is 0 Å². The first-order chi connectivity index (χ1) is 8.67. The Bertz CT molecular complexity index is 287. The molecule has 0 aliphatic carbocycles. The van der Waals surface area contributed by atoms with Crippen molar-refractivity contribution in [3.63, 3.8) is 0 Å². The van der Waals surface area contributed by atoms with E-state index in [2.05, 4.69) is 12.6 Å². The van der Waals surface area contributed by atoms with Crippen LogP contribution in [-0.4, -0.2) is 30.0 Å². The molecule has 0 radical (unpaired) electrons. The molecule has 0 aromatic rings. The Balaban J connectivity index is 5.42. The molecule has 20 heavy (non-hydrogen) atoms. The van der Waals surface area contributed by atoms with Crippen LogP contribution < -0.4 is 0 Å². The lowest BCUT2D eigenvalue weighted by atomic mass is 9.87. The van der Waals surface area contributed by atoms with Gasteiger partial charge in [-0.3, -0.25) is 0 Å². The van der Waals surface area contributed by atoms with Crippen LogP contribution in [0, 0.1) is 5.92 Å². The lowest BCUT2D eigenvalue weighted by molar-refractivity contribution is -0.352. The predicted molar refractivity (Wildman–Crippen MR) is 53.2 cm³/mol. The zero-order valence-electron chi connectivity index (χ0n) is 9.63. The fourth-order valence-corrected chi connectivity index (χ4v) is 1.63. The van der Waals surface area contributed by atoms with E-state index in [1.807, 2.05) is 0 Å². The highest BCUT2D eigenvalue weighted by Crippen LogP contribution is 2.52. The molecule has 0 fully saturated rings. The lowest BCUT2D eigenvalue weighted by Crippen LogP contribution is -2.55. The Kier molecular flexibility index (Phi) is 6.08. The van der Waals surface area contributed by atoms with E-state index in [9.17, 15) is 43.9 Å². The molecule has 0 rings (SSSR count). The van der Waals surface area contributed by atoms with Crippen molar-refractivity contribution in [3.8, 4) is 0 Å². The van der Waals surface area contributed by atoms with Crippen molar-refractivity contribution in [2.75, 3.05) is 5.75 Å². The maximum atomic E-state index is 13.2. The van der Waals surface area contributed by atoms with Crippen molar-refractivity contribution in [2.45, 2.75) is 43.5 Å². The molecule has 0 bridgehead atoms. The van der Waals surface area contributed by atoms with Crippen molar-refractivity contribution in [3.05, 3.63) is 0 Å². The predicted octanol–water partition coefficient (Wildman–Crippen LogP) is 5.10. The summed E-state index contributed by atoms with van der Waals surface area (Å²) in [7, 11) is 0. The second-order valence-electron chi connectivity index (χ2n) is 4.11. The molecule has 0 nitrogen and oxygen atoms in total. The average molecular weight is 340 g/mol. The van der Waals surface area contributed by atoms with Crippen molar-refractivity contribution >= 4 is 12.6 Å². The minimum absolute atomic E-state index is 0.177. The topological polar surface area (TPSA) is 0 Å². The average Bonchev–Trinajstić information content (AvgIpc) is 2.18. The summed E-state index contributed by atoms with van der Waals surface area (Å²) < 4.78 is 124. The second kappa shape index (κ2) is 6.18. The standard InChI is InChI=1S/C9H10F10S/c10-6(8(14,15)16,9(17,18)19)4-5(2-1-3-20)7(11,12)13/h5,20H,1-4H2/t5-/m0/s1. The summed E-state index contributed by atoms with van der Waals surface area (Å²) in [5.41, 5.74) is -5.89. The highest BCUT2D eigenvalue weighted by atomic mass is 32.1. The van der Waals surface area contributed by atoms with E-state index in [1.165, 1.54) is 0 Å². The summed E-state index contributed by atoms with van der Waals surface area (Å²) in [5.74, 6) is -3.23. The Morgan fingerprint density at radius 3 is 1.40 bits per heavy atom. The van der Waals surface area contributed by atoms with Crippen LogP contribution in [0.3, 0.4) is 0 Å².